The van der Waals surface area contributed by atoms with Crippen LogP contribution in [0.3, 0.4) is 0 Å². The van der Waals surface area contributed by atoms with Gasteiger partial charge < -0.3 is 9.64 Å². The van der Waals surface area contributed by atoms with Gasteiger partial charge in [0.15, 0.2) is 5.69 Å². The van der Waals surface area contributed by atoms with Crippen molar-refractivity contribution in [1.29, 1.82) is 0 Å². The molecule has 0 N–H and O–H groups in total. The molecule has 1 aliphatic heterocycles. The Labute approximate surface area is 156 Å². The number of anilines is 1. The maximum absolute atomic E-state index is 13.3. The van der Waals surface area contributed by atoms with E-state index in [-0.39, 0.29) is 11.3 Å². The molecule has 0 radical (unpaired) electrons. The summed E-state index contributed by atoms with van der Waals surface area (Å²) < 4.78 is 81.6. The predicted molar refractivity (Wildman–Crippen MR) is 90.4 cm³/mol. The zero-order chi connectivity index (χ0) is 20.7. The van der Waals surface area contributed by atoms with E-state index >= 15 is 0 Å². The van der Waals surface area contributed by atoms with E-state index in [1.54, 1.807) is 17.9 Å². The van der Waals surface area contributed by atoms with Crippen LogP contribution in [0.25, 0.3) is 5.57 Å². The summed E-state index contributed by atoms with van der Waals surface area (Å²) in [4.78, 5) is 1.63. The highest BCUT2D eigenvalue weighted by Gasteiger charge is 2.38. The van der Waals surface area contributed by atoms with Gasteiger partial charge in [0.2, 0.25) is 0 Å². The van der Waals surface area contributed by atoms with Crippen molar-refractivity contribution in [3.8, 4) is 5.75 Å². The van der Waals surface area contributed by atoms with Crippen LogP contribution in [0, 0.1) is 0 Å². The second kappa shape index (κ2) is 6.92. The SMILES string of the molecule is CC1=CCN(c2ccc(OC(F)(F)F)cc2)C=C1c1cn(C)nc1C(F)(F)F. The molecule has 0 fully saturated rings. The molecule has 3 rings (SSSR count). The minimum Gasteiger partial charge on any atom is -0.406 e. The molecule has 4 nitrogen and oxygen atoms in total. The average molecular weight is 403 g/mol. The van der Waals surface area contributed by atoms with E-state index in [1.165, 1.54) is 31.6 Å². The van der Waals surface area contributed by atoms with E-state index in [1.807, 2.05) is 0 Å². The largest absolute Gasteiger partial charge is 0.573 e. The third kappa shape index (κ3) is 4.32. The van der Waals surface area contributed by atoms with Gasteiger partial charge in [-0.3, -0.25) is 4.68 Å². The van der Waals surface area contributed by atoms with Gasteiger partial charge in [-0.1, -0.05) is 6.08 Å². The van der Waals surface area contributed by atoms with E-state index in [0.717, 1.165) is 16.8 Å². The predicted octanol–water partition coefficient (Wildman–Crippen LogP) is 5.14. The maximum Gasteiger partial charge on any atom is 0.573 e. The molecule has 150 valence electrons. The van der Waals surface area contributed by atoms with E-state index in [9.17, 15) is 26.3 Å². The van der Waals surface area contributed by atoms with Crippen molar-refractivity contribution in [2.75, 3.05) is 11.4 Å². The third-order valence-electron chi connectivity index (χ3n) is 4.09. The lowest BCUT2D eigenvalue weighted by Crippen LogP contribution is -2.21. The van der Waals surface area contributed by atoms with Gasteiger partial charge in [0, 0.05) is 42.8 Å². The zero-order valence-corrected chi connectivity index (χ0v) is 14.8. The molecule has 0 amide bonds. The smallest absolute Gasteiger partial charge is 0.406 e. The van der Waals surface area contributed by atoms with Gasteiger partial charge in [0.25, 0.3) is 0 Å². The highest BCUT2D eigenvalue weighted by atomic mass is 19.4. The summed E-state index contributed by atoms with van der Waals surface area (Å²) in [6.07, 6.45) is -4.86. The number of nitrogens with zero attached hydrogens (tertiary/aromatic N) is 3. The van der Waals surface area contributed by atoms with Crippen molar-refractivity contribution in [3.05, 3.63) is 59.6 Å². The molecule has 10 heteroatoms. The fraction of sp³-hybridized carbons (Fsp3) is 0.278. The van der Waals surface area contributed by atoms with Crippen LogP contribution in [0.1, 0.15) is 18.2 Å². The first-order valence-corrected chi connectivity index (χ1v) is 8.06. The van der Waals surface area contributed by atoms with Crippen LogP contribution in [0.4, 0.5) is 32.0 Å². The minimum absolute atomic E-state index is 0.0644. The number of aromatic nitrogens is 2. The summed E-state index contributed by atoms with van der Waals surface area (Å²) >= 11 is 0. The first-order valence-electron chi connectivity index (χ1n) is 8.06. The summed E-state index contributed by atoms with van der Waals surface area (Å²) in [6, 6.07) is 5.09. The summed E-state index contributed by atoms with van der Waals surface area (Å²) in [7, 11) is 1.40. The number of rotatable bonds is 3. The molecule has 1 aromatic heterocycles. The molecular weight excluding hydrogens is 388 g/mol. The van der Waals surface area contributed by atoms with Crippen LogP contribution in [0.15, 0.2) is 48.3 Å². The quantitative estimate of drug-likeness (QED) is 0.665. The molecule has 0 atom stereocenters. The van der Waals surface area contributed by atoms with Crippen molar-refractivity contribution >= 4 is 11.3 Å². The summed E-state index contributed by atoms with van der Waals surface area (Å²) in [5.74, 6) is -0.379. The van der Waals surface area contributed by atoms with Crippen LogP contribution in [0.2, 0.25) is 0 Å². The Morgan fingerprint density at radius 1 is 1.04 bits per heavy atom. The molecule has 2 heterocycles. The topological polar surface area (TPSA) is 30.3 Å². The first-order chi connectivity index (χ1) is 12.9. The molecule has 1 aliphatic rings. The Morgan fingerprint density at radius 2 is 1.68 bits per heavy atom. The number of hydrogen-bond acceptors (Lipinski definition) is 3. The van der Waals surface area contributed by atoms with Crippen molar-refractivity contribution in [2.45, 2.75) is 19.5 Å². The minimum atomic E-state index is -4.80. The van der Waals surface area contributed by atoms with Crippen molar-refractivity contribution in [1.82, 2.24) is 9.78 Å². The number of alkyl halides is 6. The molecule has 28 heavy (non-hydrogen) atoms. The lowest BCUT2D eigenvalue weighted by Gasteiger charge is -2.26. The summed E-state index contributed by atoms with van der Waals surface area (Å²) in [6.45, 7) is 2.05. The third-order valence-corrected chi connectivity index (χ3v) is 4.09. The number of ether oxygens (including phenoxy) is 1. The van der Waals surface area contributed by atoms with Gasteiger partial charge in [0.1, 0.15) is 5.75 Å². The number of benzene rings is 1. The molecule has 0 bridgehead atoms. The van der Waals surface area contributed by atoms with Gasteiger partial charge in [-0.2, -0.15) is 18.3 Å². The first kappa shape index (κ1) is 19.8. The van der Waals surface area contributed by atoms with Crippen LogP contribution >= 0.6 is 0 Å². The highest BCUT2D eigenvalue weighted by Crippen LogP contribution is 2.38. The number of halogens is 6. The number of hydrogen-bond donors (Lipinski definition) is 0. The highest BCUT2D eigenvalue weighted by molar-refractivity contribution is 5.83. The molecule has 0 aliphatic carbocycles. The van der Waals surface area contributed by atoms with Gasteiger partial charge in [-0.05, 0) is 36.8 Å². The Hall–Kier alpha value is -2.91. The average Bonchev–Trinajstić information content (AvgIpc) is 2.97. The van der Waals surface area contributed by atoms with Crippen molar-refractivity contribution < 1.29 is 31.1 Å². The van der Waals surface area contributed by atoms with Gasteiger partial charge >= 0.3 is 12.5 Å². The molecule has 0 saturated carbocycles. The van der Waals surface area contributed by atoms with Crippen LogP contribution in [-0.4, -0.2) is 22.7 Å². The molecule has 2 aromatic rings. The van der Waals surface area contributed by atoms with Crippen LogP contribution in [0.5, 0.6) is 5.75 Å². The summed E-state index contributed by atoms with van der Waals surface area (Å²) in [5.41, 5.74) is 0.428. The van der Waals surface area contributed by atoms with Gasteiger partial charge in [-0.25, -0.2) is 0 Å². The van der Waals surface area contributed by atoms with Crippen LogP contribution in [-0.2, 0) is 13.2 Å². The van der Waals surface area contributed by atoms with Crippen LogP contribution < -0.4 is 9.64 Å². The molecular formula is C18H15F6N3O. The van der Waals surface area contributed by atoms with Gasteiger partial charge in [0.05, 0.1) is 0 Å². The standard InChI is InChI=1S/C18H15F6N3O/c1-11-7-8-27(12-3-5-13(6-4-12)28-18(22,23)24)10-14(11)15-9-26(2)25-16(15)17(19,20)21/h3-7,9-10H,8H2,1-2H3. The van der Waals surface area contributed by atoms with E-state index < -0.39 is 18.2 Å². The fourth-order valence-electron chi connectivity index (χ4n) is 2.85. The zero-order valence-electron chi connectivity index (χ0n) is 14.8. The van der Waals surface area contributed by atoms with Crippen molar-refractivity contribution in [3.63, 3.8) is 0 Å². The van der Waals surface area contributed by atoms with Crippen molar-refractivity contribution in [2.24, 2.45) is 7.05 Å². The normalized spacial score (nSPS) is 15.4. The van der Waals surface area contributed by atoms with E-state index in [4.69, 9.17) is 0 Å². The second-order valence-corrected chi connectivity index (χ2v) is 6.19. The molecule has 1 aromatic carbocycles. The molecule has 0 unspecified atom stereocenters. The Kier molecular flexibility index (Phi) is 4.90. The number of allylic oxidation sites excluding steroid dienone is 2. The van der Waals surface area contributed by atoms with E-state index in [0.29, 0.717) is 23.4 Å². The number of aryl methyl sites for hydroxylation is 1. The Balaban J connectivity index is 1.93. The van der Waals surface area contributed by atoms with E-state index in [2.05, 4.69) is 9.84 Å². The maximum atomic E-state index is 13.3. The molecule has 0 saturated heterocycles. The molecule has 0 spiro atoms. The monoisotopic (exact) mass is 403 g/mol. The second-order valence-electron chi connectivity index (χ2n) is 6.19. The lowest BCUT2D eigenvalue weighted by molar-refractivity contribution is -0.274. The Morgan fingerprint density at radius 3 is 2.25 bits per heavy atom. The lowest BCUT2D eigenvalue weighted by atomic mass is 9.97. The Bertz CT molecular complexity index is 922. The van der Waals surface area contributed by atoms with Gasteiger partial charge in [-0.15, -0.1) is 13.2 Å². The fourth-order valence-corrected chi connectivity index (χ4v) is 2.85. The summed E-state index contributed by atoms with van der Waals surface area (Å²) in [5, 5.41) is 3.52.